The number of rotatable bonds is 8. The summed E-state index contributed by atoms with van der Waals surface area (Å²) < 4.78 is 12.4. The smallest absolute Gasteiger partial charge is 0.234 e. The Balaban J connectivity index is 1.62. The predicted molar refractivity (Wildman–Crippen MR) is 127 cm³/mol. The van der Waals surface area contributed by atoms with Crippen LogP contribution in [0.15, 0.2) is 78.0 Å². The van der Waals surface area contributed by atoms with E-state index >= 15 is 0 Å². The summed E-state index contributed by atoms with van der Waals surface area (Å²) in [6, 6.07) is 21.4. The van der Waals surface area contributed by atoms with Crippen LogP contribution in [0, 0.1) is 0 Å². The van der Waals surface area contributed by atoms with Gasteiger partial charge in [0.1, 0.15) is 17.2 Å². The number of aromatic nitrogens is 3. The van der Waals surface area contributed by atoms with Gasteiger partial charge in [0.15, 0.2) is 11.0 Å². The Morgan fingerprint density at radius 3 is 2.42 bits per heavy atom. The molecule has 0 spiro atoms. The van der Waals surface area contributed by atoms with Crippen molar-refractivity contribution in [3.63, 3.8) is 0 Å². The second kappa shape index (κ2) is 10.1. The molecule has 8 nitrogen and oxygen atoms in total. The molecule has 3 aromatic carbocycles. The van der Waals surface area contributed by atoms with Crippen molar-refractivity contribution in [2.45, 2.75) is 5.16 Å². The van der Waals surface area contributed by atoms with Crippen LogP contribution in [0.3, 0.4) is 0 Å². The second-order valence-corrected chi connectivity index (χ2v) is 7.84. The maximum absolute atomic E-state index is 12.6. The van der Waals surface area contributed by atoms with E-state index in [9.17, 15) is 9.90 Å². The SMILES string of the molecule is COc1ccc(NC(=O)CSc2nnc(-c3ccccc3O)n2-c2ccccc2OC)cc1. The molecule has 0 saturated carbocycles. The number of methoxy groups -OCH3 is 2. The van der Waals surface area contributed by atoms with E-state index in [-0.39, 0.29) is 17.4 Å². The summed E-state index contributed by atoms with van der Waals surface area (Å²) in [7, 11) is 3.17. The van der Waals surface area contributed by atoms with E-state index in [1.54, 1.807) is 61.3 Å². The Hall–Kier alpha value is -3.98. The number of nitrogens with one attached hydrogen (secondary N) is 1. The molecule has 1 heterocycles. The number of carbonyl (C=O) groups excluding carboxylic acids is 1. The number of amides is 1. The Labute approximate surface area is 195 Å². The zero-order chi connectivity index (χ0) is 23.2. The molecule has 4 rings (SSSR count). The monoisotopic (exact) mass is 462 g/mol. The van der Waals surface area contributed by atoms with E-state index in [4.69, 9.17) is 9.47 Å². The van der Waals surface area contributed by atoms with E-state index in [0.29, 0.717) is 39.4 Å². The van der Waals surface area contributed by atoms with Gasteiger partial charge < -0.3 is 19.9 Å². The molecule has 168 valence electrons. The predicted octanol–water partition coefficient (Wildman–Crippen LogP) is 4.39. The number of ether oxygens (including phenoxy) is 2. The van der Waals surface area contributed by atoms with Crippen LogP contribution in [-0.4, -0.2) is 45.8 Å². The number of hydrogen-bond acceptors (Lipinski definition) is 7. The molecule has 0 aliphatic carbocycles. The highest BCUT2D eigenvalue weighted by Gasteiger charge is 2.21. The molecule has 0 saturated heterocycles. The van der Waals surface area contributed by atoms with Crippen molar-refractivity contribution in [3.8, 4) is 34.3 Å². The number of carbonyl (C=O) groups is 1. The van der Waals surface area contributed by atoms with Gasteiger partial charge in [0.25, 0.3) is 0 Å². The highest BCUT2D eigenvalue weighted by molar-refractivity contribution is 7.99. The molecule has 2 N–H and O–H groups in total. The zero-order valence-corrected chi connectivity index (χ0v) is 18.9. The fraction of sp³-hybridized carbons (Fsp3) is 0.125. The number of thioether (sulfide) groups is 1. The van der Waals surface area contributed by atoms with Crippen LogP contribution in [-0.2, 0) is 4.79 Å². The van der Waals surface area contributed by atoms with Crippen molar-refractivity contribution < 1.29 is 19.4 Å². The molecule has 0 fully saturated rings. The maximum Gasteiger partial charge on any atom is 0.234 e. The summed E-state index contributed by atoms with van der Waals surface area (Å²) in [5.74, 6) is 1.76. The molecule has 1 aromatic heterocycles. The number of benzene rings is 3. The topological polar surface area (TPSA) is 98.5 Å². The average Bonchev–Trinajstić information content (AvgIpc) is 3.27. The third-order valence-electron chi connectivity index (χ3n) is 4.81. The van der Waals surface area contributed by atoms with Crippen molar-refractivity contribution in [2.75, 3.05) is 25.3 Å². The molecule has 0 aliphatic heterocycles. The Morgan fingerprint density at radius 1 is 0.970 bits per heavy atom. The van der Waals surface area contributed by atoms with Gasteiger partial charge in [-0.05, 0) is 48.5 Å². The quantitative estimate of drug-likeness (QED) is 0.375. The molecule has 1 amide bonds. The third kappa shape index (κ3) is 4.93. The minimum Gasteiger partial charge on any atom is -0.507 e. The van der Waals surface area contributed by atoms with Crippen molar-refractivity contribution in [1.82, 2.24) is 14.8 Å². The van der Waals surface area contributed by atoms with Gasteiger partial charge in [-0.1, -0.05) is 36.0 Å². The fourth-order valence-electron chi connectivity index (χ4n) is 3.23. The summed E-state index contributed by atoms with van der Waals surface area (Å²) in [4.78, 5) is 12.6. The molecule has 0 radical (unpaired) electrons. The molecular formula is C24H22N4O4S. The van der Waals surface area contributed by atoms with Gasteiger partial charge in [-0.2, -0.15) is 0 Å². The normalized spacial score (nSPS) is 10.6. The standard InChI is InChI=1S/C24H22N4O4S/c1-31-17-13-11-16(12-14-17)25-22(30)15-33-24-27-26-23(18-7-3-5-9-20(18)29)28(24)19-8-4-6-10-21(19)32-2/h3-14,29H,15H2,1-2H3,(H,25,30). The summed E-state index contributed by atoms with van der Waals surface area (Å²) in [5.41, 5.74) is 1.88. The lowest BCUT2D eigenvalue weighted by atomic mass is 10.2. The molecular weight excluding hydrogens is 440 g/mol. The first-order valence-electron chi connectivity index (χ1n) is 10.0. The van der Waals surface area contributed by atoms with Crippen molar-refractivity contribution >= 4 is 23.4 Å². The average molecular weight is 463 g/mol. The lowest BCUT2D eigenvalue weighted by molar-refractivity contribution is -0.113. The number of anilines is 1. The van der Waals surface area contributed by atoms with Gasteiger partial charge in [-0.3, -0.25) is 9.36 Å². The third-order valence-corrected chi connectivity index (χ3v) is 5.74. The highest BCUT2D eigenvalue weighted by atomic mass is 32.2. The second-order valence-electron chi connectivity index (χ2n) is 6.90. The number of phenolic OH excluding ortho intramolecular Hbond substituents is 1. The molecule has 4 aromatic rings. The molecule has 0 unspecified atom stereocenters. The van der Waals surface area contributed by atoms with Gasteiger partial charge in [0, 0.05) is 5.69 Å². The van der Waals surface area contributed by atoms with Gasteiger partial charge in [-0.15, -0.1) is 10.2 Å². The Morgan fingerprint density at radius 2 is 1.70 bits per heavy atom. The van der Waals surface area contributed by atoms with Crippen molar-refractivity contribution in [2.24, 2.45) is 0 Å². The molecule has 0 aliphatic rings. The van der Waals surface area contributed by atoms with E-state index < -0.39 is 0 Å². The van der Waals surface area contributed by atoms with Gasteiger partial charge in [-0.25, -0.2) is 0 Å². The minimum atomic E-state index is -0.191. The van der Waals surface area contributed by atoms with Gasteiger partial charge >= 0.3 is 0 Å². The van der Waals surface area contributed by atoms with Crippen molar-refractivity contribution in [1.29, 1.82) is 0 Å². The highest BCUT2D eigenvalue weighted by Crippen LogP contribution is 2.35. The summed E-state index contributed by atoms with van der Waals surface area (Å²) >= 11 is 1.23. The van der Waals surface area contributed by atoms with E-state index in [0.717, 1.165) is 0 Å². The van der Waals surface area contributed by atoms with Crippen LogP contribution in [0.2, 0.25) is 0 Å². The van der Waals surface area contributed by atoms with Crippen molar-refractivity contribution in [3.05, 3.63) is 72.8 Å². The number of phenols is 1. The van der Waals surface area contributed by atoms with Crippen LogP contribution in [0.25, 0.3) is 17.1 Å². The van der Waals surface area contributed by atoms with E-state index in [1.807, 2.05) is 30.3 Å². The molecule has 0 atom stereocenters. The number of nitrogens with zero attached hydrogens (tertiary/aromatic N) is 3. The van der Waals surface area contributed by atoms with Crippen LogP contribution in [0.5, 0.6) is 17.2 Å². The van der Waals surface area contributed by atoms with Crippen LogP contribution >= 0.6 is 11.8 Å². The molecule has 0 bridgehead atoms. The first-order chi connectivity index (χ1) is 16.1. The lowest BCUT2D eigenvalue weighted by Crippen LogP contribution is -2.14. The summed E-state index contributed by atoms with van der Waals surface area (Å²) in [6.07, 6.45) is 0. The van der Waals surface area contributed by atoms with Gasteiger partial charge in [0.2, 0.25) is 5.91 Å². The largest absolute Gasteiger partial charge is 0.507 e. The Kier molecular flexibility index (Phi) is 6.80. The van der Waals surface area contributed by atoms with Crippen LogP contribution in [0.4, 0.5) is 5.69 Å². The summed E-state index contributed by atoms with van der Waals surface area (Å²) in [6.45, 7) is 0. The first-order valence-corrected chi connectivity index (χ1v) is 11.0. The lowest BCUT2D eigenvalue weighted by Gasteiger charge is -2.14. The van der Waals surface area contributed by atoms with E-state index in [2.05, 4.69) is 15.5 Å². The molecule has 33 heavy (non-hydrogen) atoms. The Bertz CT molecular complexity index is 1260. The number of aromatic hydroxyl groups is 1. The zero-order valence-electron chi connectivity index (χ0n) is 18.1. The van der Waals surface area contributed by atoms with Crippen LogP contribution < -0.4 is 14.8 Å². The maximum atomic E-state index is 12.6. The first kappa shape index (κ1) is 22.2. The van der Waals surface area contributed by atoms with Crippen LogP contribution in [0.1, 0.15) is 0 Å². The van der Waals surface area contributed by atoms with Gasteiger partial charge in [0.05, 0.1) is 31.2 Å². The number of para-hydroxylation sites is 3. The molecule has 9 heteroatoms. The number of hydrogen-bond donors (Lipinski definition) is 2. The van der Waals surface area contributed by atoms with E-state index in [1.165, 1.54) is 11.8 Å². The minimum absolute atomic E-state index is 0.0786. The summed E-state index contributed by atoms with van der Waals surface area (Å²) in [5, 5.41) is 22.4. The fourth-order valence-corrected chi connectivity index (χ4v) is 3.98.